The molecule has 0 aliphatic rings. The van der Waals surface area contributed by atoms with E-state index in [2.05, 4.69) is 5.32 Å². The molecule has 0 unspecified atom stereocenters. The van der Waals surface area contributed by atoms with Gasteiger partial charge in [0.2, 0.25) is 5.91 Å². The maximum absolute atomic E-state index is 11.8. The van der Waals surface area contributed by atoms with Crippen molar-refractivity contribution in [3.8, 4) is 5.75 Å². The Labute approximate surface area is 133 Å². The standard InChI is InChI=1S/C16H16ClNO2S/c1-20-15-4-2-3-12(9-15)10-21-11-16(19)18-14-7-5-13(17)6-8-14/h2-9H,10-11H2,1H3,(H,18,19). The van der Waals surface area contributed by atoms with Gasteiger partial charge in [-0.1, -0.05) is 23.7 Å². The van der Waals surface area contributed by atoms with Crippen LogP contribution in [0.4, 0.5) is 5.69 Å². The van der Waals surface area contributed by atoms with Crippen LogP contribution < -0.4 is 10.1 Å². The number of carbonyl (C=O) groups excluding carboxylic acids is 1. The molecule has 0 spiro atoms. The Morgan fingerprint density at radius 2 is 2.00 bits per heavy atom. The first-order valence-corrected chi connectivity index (χ1v) is 7.97. The van der Waals surface area contributed by atoms with E-state index < -0.39 is 0 Å². The Balaban J connectivity index is 1.77. The van der Waals surface area contributed by atoms with Gasteiger partial charge < -0.3 is 10.1 Å². The number of carbonyl (C=O) groups is 1. The van der Waals surface area contributed by atoms with Crippen LogP contribution in [0.2, 0.25) is 5.02 Å². The lowest BCUT2D eigenvalue weighted by molar-refractivity contribution is -0.113. The SMILES string of the molecule is COc1cccc(CSCC(=O)Nc2ccc(Cl)cc2)c1. The molecule has 2 aromatic rings. The summed E-state index contributed by atoms with van der Waals surface area (Å²) < 4.78 is 5.17. The number of amides is 1. The number of rotatable bonds is 6. The van der Waals surface area contributed by atoms with E-state index in [0.717, 1.165) is 22.8 Å². The first-order chi connectivity index (χ1) is 10.2. The Morgan fingerprint density at radius 3 is 2.71 bits per heavy atom. The second-order valence-electron chi connectivity index (χ2n) is 4.40. The molecule has 0 aliphatic carbocycles. The molecule has 2 rings (SSSR count). The van der Waals surface area contributed by atoms with E-state index in [9.17, 15) is 4.79 Å². The third-order valence-electron chi connectivity index (χ3n) is 2.76. The number of ether oxygens (including phenoxy) is 1. The van der Waals surface area contributed by atoms with Crippen molar-refractivity contribution in [2.75, 3.05) is 18.2 Å². The number of halogens is 1. The first kappa shape index (κ1) is 15.7. The van der Waals surface area contributed by atoms with Crippen LogP contribution in [0.25, 0.3) is 0 Å². The molecule has 0 saturated heterocycles. The van der Waals surface area contributed by atoms with Crippen LogP contribution >= 0.6 is 23.4 Å². The zero-order valence-corrected chi connectivity index (χ0v) is 13.2. The van der Waals surface area contributed by atoms with E-state index in [-0.39, 0.29) is 5.91 Å². The van der Waals surface area contributed by atoms with E-state index in [1.165, 1.54) is 0 Å². The minimum Gasteiger partial charge on any atom is -0.497 e. The van der Waals surface area contributed by atoms with E-state index in [4.69, 9.17) is 16.3 Å². The molecular weight excluding hydrogens is 306 g/mol. The van der Waals surface area contributed by atoms with Gasteiger partial charge in [-0.15, -0.1) is 11.8 Å². The molecule has 0 aromatic heterocycles. The van der Waals surface area contributed by atoms with Crippen molar-refractivity contribution in [2.24, 2.45) is 0 Å². The van der Waals surface area contributed by atoms with Gasteiger partial charge in [-0.25, -0.2) is 0 Å². The van der Waals surface area contributed by atoms with Gasteiger partial charge in [0.15, 0.2) is 0 Å². The van der Waals surface area contributed by atoms with E-state index in [0.29, 0.717) is 10.8 Å². The lowest BCUT2D eigenvalue weighted by Crippen LogP contribution is -2.14. The highest BCUT2D eigenvalue weighted by Crippen LogP contribution is 2.18. The van der Waals surface area contributed by atoms with Crippen LogP contribution in [-0.2, 0) is 10.5 Å². The summed E-state index contributed by atoms with van der Waals surface area (Å²) >= 11 is 7.36. The summed E-state index contributed by atoms with van der Waals surface area (Å²) in [5, 5.41) is 3.49. The summed E-state index contributed by atoms with van der Waals surface area (Å²) in [6.07, 6.45) is 0. The van der Waals surface area contributed by atoms with Crippen molar-refractivity contribution >= 4 is 35.0 Å². The van der Waals surface area contributed by atoms with Crippen molar-refractivity contribution in [3.63, 3.8) is 0 Å². The quantitative estimate of drug-likeness (QED) is 0.865. The molecule has 0 saturated carbocycles. The lowest BCUT2D eigenvalue weighted by Gasteiger charge is -2.06. The second kappa shape index (κ2) is 7.96. The van der Waals surface area contributed by atoms with Gasteiger partial charge in [0.1, 0.15) is 5.75 Å². The van der Waals surface area contributed by atoms with Crippen LogP contribution in [0.1, 0.15) is 5.56 Å². The van der Waals surface area contributed by atoms with Crippen LogP contribution in [0.5, 0.6) is 5.75 Å². The normalized spacial score (nSPS) is 10.2. The molecule has 1 amide bonds. The number of methoxy groups -OCH3 is 1. The summed E-state index contributed by atoms with van der Waals surface area (Å²) in [6, 6.07) is 14.9. The summed E-state index contributed by atoms with van der Waals surface area (Å²) in [7, 11) is 1.64. The molecule has 2 aromatic carbocycles. The number of hydrogen-bond donors (Lipinski definition) is 1. The highest BCUT2D eigenvalue weighted by atomic mass is 35.5. The first-order valence-electron chi connectivity index (χ1n) is 6.43. The molecule has 0 atom stereocenters. The van der Waals surface area contributed by atoms with Crippen LogP contribution in [-0.4, -0.2) is 18.8 Å². The van der Waals surface area contributed by atoms with Crippen LogP contribution in [0.3, 0.4) is 0 Å². The van der Waals surface area contributed by atoms with Crippen molar-refractivity contribution < 1.29 is 9.53 Å². The fourth-order valence-electron chi connectivity index (χ4n) is 1.75. The van der Waals surface area contributed by atoms with E-state index in [1.807, 2.05) is 24.3 Å². The minimum absolute atomic E-state index is 0.0229. The fourth-order valence-corrected chi connectivity index (χ4v) is 2.65. The van der Waals surface area contributed by atoms with Gasteiger partial charge in [0.25, 0.3) is 0 Å². The Kier molecular flexibility index (Phi) is 5.96. The molecule has 5 heteroatoms. The minimum atomic E-state index is -0.0229. The number of anilines is 1. The number of nitrogens with one attached hydrogen (secondary N) is 1. The summed E-state index contributed by atoms with van der Waals surface area (Å²) in [5.41, 5.74) is 1.89. The molecule has 110 valence electrons. The maximum atomic E-state index is 11.8. The van der Waals surface area contributed by atoms with Gasteiger partial charge >= 0.3 is 0 Å². The Hall–Kier alpha value is -1.65. The number of hydrogen-bond acceptors (Lipinski definition) is 3. The summed E-state index contributed by atoms with van der Waals surface area (Å²) in [4.78, 5) is 11.8. The zero-order chi connectivity index (χ0) is 15.1. The largest absolute Gasteiger partial charge is 0.497 e. The number of benzene rings is 2. The van der Waals surface area contributed by atoms with Crippen molar-refractivity contribution in [1.82, 2.24) is 0 Å². The van der Waals surface area contributed by atoms with Gasteiger partial charge in [-0.2, -0.15) is 0 Å². The molecule has 0 heterocycles. The van der Waals surface area contributed by atoms with Crippen molar-refractivity contribution in [1.29, 1.82) is 0 Å². The second-order valence-corrected chi connectivity index (χ2v) is 5.82. The van der Waals surface area contributed by atoms with Crippen LogP contribution in [0.15, 0.2) is 48.5 Å². The maximum Gasteiger partial charge on any atom is 0.234 e. The third kappa shape index (κ3) is 5.33. The lowest BCUT2D eigenvalue weighted by atomic mass is 10.2. The van der Waals surface area contributed by atoms with Gasteiger partial charge in [-0.3, -0.25) is 4.79 Å². The summed E-state index contributed by atoms with van der Waals surface area (Å²) in [6.45, 7) is 0. The molecule has 3 nitrogen and oxygen atoms in total. The predicted molar refractivity (Wildman–Crippen MR) is 89.2 cm³/mol. The molecule has 0 fully saturated rings. The predicted octanol–water partition coefficient (Wildman–Crippen LogP) is 4.22. The highest BCUT2D eigenvalue weighted by Gasteiger charge is 2.03. The Bertz CT molecular complexity index is 601. The van der Waals surface area contributed by atoms with Crippen LogP contribution in [0, 0.1) is 0 Å². The monoisotopic (exact) mass is 321 g/mol. The molecule has 1 N–H and O–H groups in total. The number of thioether (sulfide) groups is 1. The van der Waals surface area contributed by atoms with Gasteiger partial charge in [-0.05, 0) is 42.0 Å². The average Bonchev–Trinajstić information content (AvgIpc) is 2.50. The van der Waals surface area contributed by atoms with Crippen molar-refractivity contribution in [2.45, 2.75) is 5.75 Å². The molecule has 0 aliphatic heterocycles. The molecular formula is C16H16ClNO2S. The van der Waals surface area contributed by atoms with E-state index in [1.54, 1.807) is 43.1 Å². The highest BCUT2D eigenvalue weighted by molar-refractivity contribution is 7.99. The van der Waals surface area contributed by atoms with E-state index >= 15 is 0 Å². The van der Waals surface area contributed by atoms with Gasteiger partial charge in [0, 0.05) is 16.5 Å². The smallest absolute Gasteiger partial charge is 0.234 e. The Morgan fingerprint density at radius 1 is 1.24 bits per heavy atom. The van der Waals surface area contributed by atoms with Crippen molar-refractivity contribution in [3.05, 3.63) is 59.1 Å². The average molecular weight is 322 g/mol. The molecule has 21 heavy (non-hydrogen) atoms. The third-order valence-corrected chi connectivity index (χ3v) is 4.02. The zero-order valence-electron chi connectivity index (χ0n) is 11.6. The topological polar surface area (TPSA) is 38.3 Å². The molecule has 0 bridgehead atoms. The fraction of sp³-hybridized carbons (Fsp3) is 0.188. The van der Waals surface area contributed by atoms with Gasteiger partial charge in [0.05, 0.1) is 12.9 Å². The summed E-state index contributed by atoms with van der Waals surface area (Å²) in [5.74, 6) is 1.98. The molecule has 0 radical (unpaired) electrons.